The zero-order valence-corrected chi connectivity index (χ0v) is 13.1. The summed E-state index contributed by atoms with van der Waals surface area (Å²) in [6, 6.07) is 14.3. The average Bonchev–Trinajstić information content (AvgIpc) is 2.47. The molecule has 0 aromatic heterocycles. The van der Waals surface area contributed by atoms with E-state index in [1.165, 1.54) is 4.90 Å². The number of rotatable bonds is 6. The number of hydrogen-bond donors (Lipinski definition) is 1. The van der Waals surface area contributed by atoms with Crippen LogP contribution in [0.15, 0.2) is 48.5 Å². The van der Waals surface area contributed by atoms with Gasteiger partial charge in [-0.05, 0) is 57.6 Å². The third kappa shape index (κ3) is 4.63. The molecule has 0 bridgehead atoms. The number of nitrogen functional groups attached to an aromatic ring is 1. The number of hydrogen-bond acceptors (Lipinski definition) is 6. The number of nitrogens with two attached hydrogens (primary N) is 1. The van der Waals surface area contributed by atoms with E-state index in [0.717, 1.165) is 11.1 Å². The van der Waals surface area contributed by atoms with E-state index in [1.807, 2.05) is 12.1 Å². The standard InChI is InChI=1S/C14H16N2O4S2/c15-13-5-1-11(2-6-13)12-3-7-14(8-4-12)16(9-21(17)18)10-22(19)20/h1-8H,9-10,15H2,(H,17,18)(H,19,20)/p-2. The van der Waals surface area contributed by atoms with Crippen LogP contribution in [0.1, 0.15) is 0 Å². The van der Waals surface area contributed by atoms with Crippen LogP contribution in [0.5, 0.6) is 0 Å². The second kappa shape index (κ2) is 7.50. The van der Waals surface area contributed by atoms with E-state index < -0.39 is 22.2 Å². The lowest BCUT2D eigenvalue weighted by Gasteiger charge is -2.26. The van der Waals surface area contributed by atoms with E-state index in [4.69, 9.17) is 5.73 Å². The summed E-state index contributed by atoms with van der Waals surface area (Å²) in [7, 11) is 0. The Hall–Kier alpha value is -1.74. The Balaban J connectivity index is 2.23. The van der Waals surface area contributed by atoms with Crippen molar-refractivity contribution in [3.8, 4) is 11.1 Å². The minimum absolute atomic E-state index is 0.380. The van der Waals surface area contributed by atoms with Crippen molar-refractivity contribution in [3.63, 3.8) is 0 Å². The summed E-state index contributed by atoms with van der Waals surface area (Å²) in [6.07, 6.45) is 0. The molecule has 2 atom stereocenters. The first-order valence-corrected chi connectivity index (χ1v) is 8.77. The summed E-state index contributed by atoms with van der Waals surface area (Å²) >= 11 is -4.74. The highest BCUT2D eigenvalue weighted by molar-refractivity contribution is 7.80. The lowest BCUT2D eigenvalue weighted by atomic mass is 10.1. The van der Waals surface area contributed by atoms with Crippen LogP contribution < -0.4 is 10.6 Å². The predicted octanol–water partition coefficient (Wildman–Crippen LogP) is 1.42. The maximum absolute atomic E-state index is 10.8. The number of benzene rings is 2. The zero-order chi connectivity index (χ0) is 16.1. The molecule has 0 aliphatic rings. The molecule has 2 unspecified atom stereocenters. The second-order valence-electron chi connectivity index (χ2n) is 4.57. The van der Waals surface area contributed by atoms with E-state index in [-0.39, 0.29) is 11.8 Å². The molecule has 0 aliphatic heterocycles. The predicted molar refractivity (Wildman–Crippen MR) is 86.3 cm³/mol. The van der Waals surface area contributed by atoms with Gasteiger partial charge in [-0.15, -0.1) is 0 Å². The van der Waals surface area contributed by atoms with Gasteiger partial charge < -0.3 is 19.7 Å². The van der Waals surface area contributed by atoms with Crippen LogP contribution in [-0.2, 0) is 22.2 Å². The van der Waals surface area contributed by atoms with Crippen molar-refractivity contribution >= 4 is 33.5 Å². The van der Waals surface area contributed by atoms with E-state index in [9.17, 15) is 17.5 Å². The van der Waals surface area contributed by atoms with Crippen LogP contribution >= 0.6 is 0 Å². The van der Waals surface area contributed by atoms with Crippen molar-refractivity contribution in [1.82, 2.24) is 0 Å². The van der Waals surface area contributed by atoms with Crippen LogP contribution in [0, 0.1) is 0 Å². The van der Waals surface area contributed by atoms with Gasteiger partial charge in [-0.3, -0.25) is 8.42 Å². The molecule has 0 aliphatic carbocycles. The largest absolute Gasteiger partial charge is 0.771 e. The fraction of sp³-hybridized carbons (Fsp3) is 0.143. The van der Waals surface area contributed by atoms with Crippen LogP contribution in [-0.4, -0.2) is 29.3 Å². The summed E-state index contributed by atoms with van der Waals surface area (Å²) in [5.41, 5.74) is 8.72. The molecule has 2 aromatic rings. The lowest BCUT2D eigenvalue weighted by molar-refractivity contribution is 0.530. The van der Waals surface area contributed by atoms with E-state index >= 15 is 0 Å². The monoisotopic (exact) mass is 338 g/mol. The first-order chi connectivity index (χ1) is 10.5. The minimum Gasteiger partial charge on any atom is -0.771 e. The van der Waals surface area contributed by atoms with Gasteiger partial charge in [0.15, 0.2) is 0 Å². The summed E-state index contributed by atoms with van der Waals surface area (Å²) in [5, 5.41) is 0. The molecule has 0 radical (unpaired) electrons. The zero-order valence-electron chi connectivity index (χ0n) is 11.5. The van der Waals surface area contributed by atoms with Crippen molar-refractivity contribution in [1.29, 1.82) is 0 Å². The molecule has 0 amide bonds. The summed E-state index contributed by atoms with van der Waals surface area (Å²) in [6.45, 7) is 0. The maximum Gasteiger partial charge on any atom is 0.0815 e. The Labute approximate surface area is 133 Å². The molecule has 8 heteroatoms. The molecular weight excluding hydrogens is 324 g/mol. The van der Waals surface area contributed by atoms with E-state index in [2.05, 4.69) is 0 Å². The summed E-state index contributed by atoms with van der Waals surface area (Å²) in [4.78, 5) is 1.26. The van der Waals surface area contributed by atoms with Gasteiger partial charge in [0.05, 0.1) is 11.8 Å². The van der Waals surface area contributed by atoms with Gasteiger partial charge in [-0.1, -0.05) is 24.3 Å². The van der Waals surface area contributed by atoms with Gasteiger partial charge in [0.1, 0.15) is 0 Å². The van der Waals surface area contributed by atoms with Crippen molar-refractivity contribution in [2.45, 2.75) is 0 Å². The van der Waals surface area contributed by atoms with Gasteiger partial charge in [0.25, 0.3) is 0 Å². The molecule has 2 aromatic carbocycles. The summed E-state index contributed by atoms with van der Waals surface area (Å²) < 4.78 is 43.3. The molecule has 6 nitrogen and oxygen atoms in total. The fourth-order valence-corrected chi connectivity index (χ4v) is 3.09. The Bertz CT molecular complexity index is 658. The number of nitrogens with zero attached hydrogens (tertiary/aromatic N) is 1. The van der Waals surface area contributed by atoms with Crippen molar-refractivity contribution in [2.24, 2.45) is 0 Å². The molecule has 0 saturated heterocycles. The molecule has 118 valence electrons. The van der Waals surface area contributed by atoms with Crippen molar-refractivity contribution in [2.75, 3.05) is 22.4 Å². The van der Waals surface area contributed by atoms with Gasteiger partial charge in [-0.25, -0.2) is 0 Å². The normalized spacial score (nSPS) is 13.5. The molecule has 0 heterocycles. The highest BCUT2D eigenvalue weighted by atomic mass is 32.2. The molecule has 2 N–H and O–H groups in total. The Morgan fingerprint density at radius 2 is 1.23 bits per heavy atom. The molecular formula is C14H14N2O4S2-2. The van der Waals surface area contributed by atoms with Gasteiger partial charge in [0, 0.05) is 11.4 Å². The van der Waals surface area contributed by atoms with Gasteiger partial charge in [-0.2, -0.15) is 0 Å². The van der Waals surface area contributed by atoms with Gasteiger partial charge in [0.2, 0.25) is 0 Å². The van der Waals surface area contributed by atoms with Crippen LogP contribution in [0.25, 0.3) is 11.1 Å². The minimum atomic E-state index is -2.37. The maximum atomic E-state index is 10.8. The van der Waals surface area contributed by atoms with E-state index in [0.29, 0.717) is 11.4 Å². The summed E-state index contributed by atoms with van der Waals surface area (Å²) in [5.74, 6) is -0.760. The first kappa shape index (κ1) is 16.6. The Morgan fingerprint density at radius 3 is 1.64 bits per heavy atom. The fourth-order valence-electron chi connectivity index (χ4n) is 1.98. The lowest BCUT2D eigenvalue weighted by Crippen LogP contribution is -2.30. The van der Waals surface area contributed by atoms with Crippen molar-refractivity contribution < 1.29 is 17.5 Å². The molecule has 2 rings (SSSR count). The molecule has 0 spiro atoms. The highest BCUT2D eigenvalue weighted by Gasteiger charge is 2.07. The topological polar surface area (TPSA) is 110 Å². The smallest absolute Gasteiger partial charge is 0.0815 e. The first-order valence-electron chi connectivity index (χ1n) is 6.28. The molecule has 22 heavy (non-hydrogen) atoms. The third-order valence-electron chi connectivity index (χ3n) is 3.00. The molecule has 0 fully saturated rings. The van der Waals surface area contributed by atoms with Crippen LogP contribution in [0.4, 0.5) is 11.4 Å². The Kier molecular flexibility index (Phi) is 5.67. The Morgan fingerprint density at radius 1 is 0.818 bits per heavy atom. The SMILES string of the molecule is Nc1ccc(-c2ccc(N(CS(=O)[O-])CS(=O)[O-])cc2)cc1. The van der Waals surface area contributed by atoms with Gasteiger partial charge >= 0.3 is 0 Å². The van der Waals surface area contributed by atoms with Crippen LogP contribution in [0.3, 0.4) is 0 Å². The highest BCUT2D eigenvalue weighted by Crippen LogP contribution is 2.24. The van der Waals surface area contributed by atoms with Crippen molar-refractivity contribution in [3.05, 3.63) is 48.5 Å². The average molecular weight is 338 g/mol. The van der Waals surface area contributed by atoms with E-state index in [1.54, 1.807) is 36.4 Å². The second-order valence-corrected chi connectivity index (χ2v) is 6.31. The third-order valence-corrected chi connectivity index (χ3v) is 4.04. The molecule has 0 saturated carbocycles. The quantitative estimate of drug-likeness (QED) is 0.630. The number of anilines is 2. The van der Waals surface area contributed by atoms with Crippen LogP contribution in [0.2, 0.25) is 0 Å².